The third kappa shape index (κ3) is 12.9. The van der Waals surface area contributed by atoms with Crippen LogP contribution >= 0.6 is 0 Å². The Morgan fingerprint density at radius 1 is 0.221 bits per heavy atom. The number of aromatic nitrogens is 2. The van der Waals surface area contributed by atoms with Gasteiger partial charge in [0.05, 0.1) is 44.2 Å². The molecule has 131 heavy (non-hydrogen) atoms. The topological polar surface area (TPSA) is 42.6 Å². The van der Waals surface area contributed by atoms with Crippen LogP contribution in [0, 0.1) is 0 Å². The summed E-state index contributed by atoms with van der Waals surface area (Å²) in [6.07, 6.45) is 0. The monoisotopic (exact) mass is 1690 g/mol. The molecular formula is C124H99BN4O2. The minimum Gasteiger partial charge on any atom is -0.455 e. The molecule has 4 aromatic heterocycles. The third-order valence-electron chi connectivity index (χ3n) is 28.1. The van der Waals surface area contributed by atoms with Gasteiger partial charge in [-0.15, -0.1) is 0 Å². The van der Waals surface area contributed by atoms with Crippen LogP contribution in [0.3, 0.4) is 0 Å². The summed E-state index contributed by atoms with van der Waals surface area (Å²) in [6, 6.07) is 145. The maximum absolute atomic E-state index is 7.68. The van der Waals surface area contributed by atoms with Crippen molar-refractivity contribution >= 4 is 145 Å². The molecule has 0 amide bonds. The predicted molar refractivity (Wildman–Crippen MR) is 557 cm³/mol. The maximum Gasteiger partial charge on any atom is 0.252 e. The lowest BCUT2D eigenvalue weighted by Gasteiger charge is -2.45. The van der Waals surface area contributed by atoms with Gasteiger partial charge in [-0.2, -0.15) is 0 Å². The zero-order valence-corrected chi connectivity index (χ0v) is 76.1. The zero-order chi connectivity index (χ0) is 88.8. The Morgan fingerprint density at radius 3 is 0.969 bits per heavy atom. The van der Waals surface area contributed by atoms with Gasteiger partial charge in [-0.05, 0) is 213 Å². The van der Waals surface area contributed by atoms with Crippen molar-refractivity contribution < 1.29 is 8.83 Å². The second-order valence-corrected chi connectivity index (χ2v) is 40.4. The first kappa shape index (κ1) is 79.2. The van der Waals surface area contributed by atoms with Gasteiger partial charge in [0.15, 0.2) is 0 Å². The van der Waals surface area contributed by atoms with E-state index in [0.717, 1.165) is 183 Å². The molecule has 0 spiro atoms. The van der Waals surface area contributed by atoms with Crippen molar-refractivity contribution in [1.29, 1.82) is 0 Å². The molecule has 18 aromatic carbocycles. The normalized spacial score (nSPS) is 13.0. The summed E-state index contributed by atoms with van der Waals surface area (Å²) < 4.78 is 20.4. The molecule has 22 aromatic rings. The third-order valence-corrected chi connectivity index (χ3v) is 28.1. The average Bonchev–Trinajstić information content (AvgIpc) is 1.64. The van der Waals surface area contributed by atoms with Crippen molar-refractivity contribution in [1.82, 2.24) is 9.13 Å². The van der Waals surface area contributed by atoms with Gasteiger partial charge in [0.25, 0.3) is 6.71 Å². The Balaban J connectivity index is 0.912. The van der Waals surface area contributed by atoms with Crippen LogP contribution in [0.5, 0.6) is 0 Å². The Labute approximate surface area is 765 Å². The largest absolute Gasteiger partial charge is 0.455 e. The van der Waals surface area contributed by atoms with Gasteiger partial charge in [0.1, 0.15) is 22.3 Å². The van der Waals surface area contributed by atoms with Crippen LogP contribution in [-0.4, -0.2) is 15.8 Å². The van der Waals surface area contributed by atoms with Gasteiger partial charge < -0.3 is 27.8 Å². The summed E-state index contributed by atoms with van der Waals surface area (Å²) in [6.45, 7) is 27.9. The van der Waals surface area contributed by atoms with E-state index in [-0.39, 0.29) is 21.7 Å². The zero-order valence-electron chi connectivity index (χ0n) is 76.1. The summed E-state index contributed by atoms with van der Waals surface area (Å²) >= 11 is 0. The number of anilines is 6. The van der Waals surface area contributed by atoms with Crippen LogP contribution in [0.25, 0.3) is 177 Å². The fourth-order valence-corrected chi connectivity index (χ4v) is 21.3. The van der Waals surface area contributed by atoms with E-state index in [2.05, 4.69) is 484 Å². The van der Waals surface area contributed by atoms with E-state index in [9.17, 15) is 0 Å². The lowest BCUT2D eigenvalue weighted by Crippen LogP contribution is -2.61. The molecule has 2 aliphatic rings. The fourth-order valence-electron chi connectivity index (χ4n) is 21.3. The number of benzene rings is 18. The summed E-state index contributed by atoms with van der Waals surface area (Å²) in [7, 11) is 0. The highest BCUT2D eigenvalue weighted by atomic mass is 16.3. The van der Waals surface area contributed by atoms with E-state index in [1.165, 1.54) is 66.1 Å². The minimum atomic E-state index is -0.403. The number of fused-ring (bicyclic) bond motifs is 16. The summed E-state index contributed by atoms with van der Waals surface area (Å²) in [5.41, 5.74) is 39.0. The molecule has 0 bridgehead atoms. The predicted octanol–water partition coefficient (Wildman–Crippen LogP) is 32.6. The van der Waals surface area contributed by atoms with Gasteiger partial charge in [-0.3, -0.25) is 0 Å². The molecule has 0 unspecified atom stereocenters. The van der Waals surface area contributed by atoms with Gasteiger partial charge >= 0.3 is 0 Å². The lowest BCUT2D eigenvalue weighted by atomic mass is 9.33. The van der Waals surface area contributed by atoms with E-state index in [1.807, 2.05) is 0 Å². The molecular weight excluding hydrogens is 1590 g/mol. The van der Waals surface area contributed by atoms with Gasteiger partial charge in [0, 0.05) is 88.7 Å². The number of para-hydroxylation sites is 4. The maximum atomic E-state index is 7.68. The van der Waals surface area contributed by atoms with E-state index in [4.69, 9.17) is 8.83 Å². The highest BCUT2D eigenvalue weighted by molar-refractivity contribution is 7.00. The SMILES string of the molecule is CC(C)(C)c1cccc(-c2cc(-c3ccccc3)c3oc4ccccc4c3c2N2c3cc(-n4c5ccccc5c5cc(-c6ccccc6)ccc54)ccc3B3c4ccc(-n5c6ccccc6c6cc(-c7ccccc7)ccc65)cc4N(c4c(-c5cccc(C(C)(C)C)c5)cc(-c5ccccc5)c5oc6ccccc6c45)c4cc(-c5cc(C(C)(C)C)cc(C(C)(C)C)c5)cc2c43)c1. The Hall–Kier alpha value is -15.2. The minimum absolute atomic E-state index is 0.210. The van der Waals surface area contributed by atoms with E-state index in [1.54, 1.807) is 0 Å². The molecule has 0 fully saturated rings. The summed E-state index contributed by atoms with van der Waals surface area (Å²) in [5.74, 6) is 0. The molecule has 0 N–H and O–H groups in total. The van der Waals surface area contributed by atoms with Crippen molar-refractivity contribution in [3.8, 4) is 89.3 Å². The quantitative estimate of drug-likeness (QED) is 0.121. The summed E-state index contributed by atoms with van der Waals surface area (Å²) in [4.78, 5) is 5.48. The first-order valence-corrected chi connectivity index (χ1v) is 46.2. The first-order chi connectivity index (χ1) is 63.5. The highest BCUT2D eigenvalue weighted by Gasteiger charge is 2.47. The van der Waals surface area contributed by atoms with Crippen molar-refractivity contribution in [2.45, 2.75) is 105 Å². The van der Waals surface area contributed by atoms with Gasteiger partial charge in [-0.25, -0.2) is 0 Å². The van der Waals surface area contributed by atoms with Crippen LogP contribution in [0.1, 0.15) is 105 Å². The molecule has 630 valence electrons. The van der Waals surface area contributed by atoms with E-state index >= 15 is 0 Å². The number of furan rings is 2. The Morgan fingerprint density at radius 2 is 0.565 bits per heavy atom. The van der Waals surface area contributed by atoms with Crippen molar-refractivity contribution in [2.75, 3.05) is 9.80 Å². The van der Waals surface area contributed by atoms with Crippen LogP contribution in [0.2, 0.25) is 0 Å². The fraction of sp³-hybridized carbons (Fsp3) is 0.129. The molecule has 0 radical (unpaired) electrons. The highest BCUT2D eigenvalue weighted by Crippen LogP contribution is 2.59. The van der Waals surface area contributed by atoms with Crippen LogP contribution in [-0.2, 0) is 21.7 Å². The van der Waals surface area contributed by atoms with E-state index in [0.29, 0.717) is 0 Å². The van der Waals surface area contributed by atoms with Crippen LogP contribution in [0.4, 0.5) is 34.1 Å². The molecule has 0 atom stereocenters. The molecule has 6 heterocycles. The molecule has 24 rings (SSSR count). The lowest BCUT2D eigenvalue weighted by molar-refractivity contribution is 0.569. The van der Waals surface area contributed by atoms with Gasteiger partial charge in [-0.1, -0.05) is 368 Å². The molecule has 7 heteroatoms. The van der Waals surface area contributed by atoms with Gasteiger partial charge in [0.2, 0.25) is 0 Å². The Kier molecular flexibility index (Phi) is 18.0. The average molecular weight is 1690 g/mol. The van der Waals surface area contributed by atoms with Crippen molar-refractivity contribution in [3.63, 3.8) is 0 Å². The molecule has 0 saturated carbocycles. The van der Waals surface area contributed by atoms with E-state index < -0.39 is 6.71 Å². The first-order valence-electron chi connectivity index (χ1n) is 46.2. The number of nitrogens with zero attached hydrogens (tertiary/aromatic N) is 4. The van der Waals surface area contributed by atoms with Crippen LogP contribution < -0.4 is 26.2 Å². The molecule has 0 aliphatic carbocycles. The van der Waals surface area contributed by atoms with Crippen LogP contribution in [0.15, 0.2) is 391 Å². The van der Waals surface area contributed by atoms with Crippen molar-refractivity contribution in [2.24, 2.45) is 0 Å². The number of rotatable bonds is 11. The Bertz CT molecular complexity index is 7960. The second-order valence-electron chi connectivity index (χ2n) is 40.4. The summed E-state index contributed by atoms with van der Waals surface area (Å²) in [5, 5.41) is 8.82. The molecule has 2 aliphatic heterocycles. The number of hydrogen-bond donors (Lipinski definition) is 0. The standard InChI is InChI=1S/C124H99BN4O2/c1-121(2,3)86-45-33-43-82(63-86)96-74-98(78-39-21-15-22-40-78)119-114(94-49-27-31-53-112(94)130-119)117(96)128-108-72-90(126-104-51-29-25-47-92(104)100-67-80(55-61-106(100)126)76-35-17-13-18-36-76)57-59-102(108)125-103-60-58-91(127-105-52-30-26-48-93(105)101-68-81(56-62-107(101)127)77-37-19-14-20-38-77)73-109(103)129(111-70-85(69-110(128)116(111)125)84-65-88(123(7,8)9)71-89(66-84)124(10,11)12)118-97(83-44-34-46-87(64-83)122(4,5)6)75-99(79-41-23-16-24-42-79)120-115(118)95-50-28-32-54-113(95)131-120/h13-75H,1-12H3. The second kappa shape index (κ2) is 29.7. The smallest absolute Gasteiger partial charge is 0.252 e. The molecule has 6 nitrogen and oxygen atoms in total. The van der Waals surface area contributed by atoms with Crippen molar-refractivity contribution in [3.05, 3.63) is 404 Å². The number of hydrogen-bond acceptors (Lipinski definition) is 4. The molecule has 0 saturated heterocycles.